The molecule has 1 aromatic rings. The molecular formula is C19H23ClF3N3O. The van der Waals surface area contributed by atoms with Gasteiger partial charge in [0.05, 0.1) is 10.6 Å². The Morgan fingerprint density at radius 2 is 1.85 bits per heavy atom. The van der Waals surface area contributed by atoms with Gasteiger partial charge >= 0.3 is 6.18 Å². The van der Waals surface area contributed by atoms with Crippen molar-refractivity contribution in [3.05, 3.63) is 40.6 Å². The summed E-state index contributed by atoms with van der Waals surface area (Å²) >= 11 is 5.57. The molecule has 1 rings (SSSR count). The van der Waals surface area contributed by atoms with E-state index in [1.54, 1.807) is 0 Å². The van der Waals surface area contributed by atoms with Crippen molar-refractivity contribution in [2.45, 2.75) is 45.7 Å². The molecule has 27 heavy (non-hydrogen) atoms. The van der Waals surface area contributed by atoms with Crippen molar-refractivity contribution < 1.29 is 18.0 Å². The van der Waals surface area contributed by atoms with Crippen LogP contribution in [-0.2, 0) is 11.0 Å². The van der Waals surface area contributed by atoms with Crippen LogP contribution in [0.2, 0.25) is 5.02 Å². The van der Waals surface area contributed by atoms with Crippen molar-refractivity contribution in [1.29, 1.82) is 5.26 Å². The minimum atomic E-state index is -4.64. The Morgan fingerprint density at radius 3 is 2.33 bits per heavy atom. The summed E-state index contributed by atoms with van der Waals surface area (Å²) in [7, 11) is 0. The molecule has 0 radical (unpaired) electrons. The molecule has 1 aromatic carbocycles. The molecule has 0 fully saturated rings. The molecule has 0 aliphatic heterocycles. The fourth-order valence-corrected chi connectivity index (χ4v) is 2.53. The second kappa shape index (κ2) is 10.8. The van der Waals surface area contributed by atoms with Crippen molar-refractivity contribution in [2.75, 3.05) is 18.4 Å². The fraction of sp³-hybridized carbons (Fsp3) is 0.474. The molecule has 0 heterocycles. The fourth-order valence-electron chi connectivity index (χ4n) is 2.30. The first-order chi connectivity index (χ1) is 12.7. The maximum atomic E-state index is 12.9. The molecule has 0 spiro atoms. The maximum absolute atomic E-state index is 12.9. The van der Waals surface area contributed by atoms with E-state index in [-0.39, 0.29) is 11.3 Å². The molecule has 8 heteroatoms. The SMILES string of the molecule is CCCCN(/C=C(/C#N)C(=O)Nc1ccc(Cl)c(C(F)(F)F)c1)CCCC. The number of alkyl halides is 3. The minimum absolute atomic E-state index is 0.0773. The lowest BCUT2D eigenvalue weighted by Gasteiger charge is -2.20. The molecule has 4 nitrogen and oxygen atoms in total. The highest BCUT2D eigenvalue weighted by atomic mass is 35.5. The lowest BCUT2D eigenvalue weighted by molar-refractivity contribution is -0.137. The highest BCUT2D eigenvalue weighted by Gasteiger charge is 2.33. The van der Waals surface area contributed by atoms with Crippen LogP contribution in [0.4, 0.5) is 18.9 Å². The molecule has 0 unspecified atom stereocenters. The third kappa shape index (κ3) is 7.51. The molecule has 0 aromatic heterocycles. The number of carbonyl (C=O) groups excluding carboxylic acids is 1. The van der Waals surface area contributed by atoms with Gasteiger partial charge in [-0.2, -0.15) is 18.4 Å². The van der Waals surface area contributed by atoms with Crippen LogP contribution < -0.4 is 5.32 Å². The largest absolute Gasteiger partial charge is 0.417 e. The van der Waals surface area contributed by atoms with E-state index in [9.17, 15) is 23.2 Å². The van der Waals surface area contributed by atoms with Crippen LogP contribution in [0.1, 0.15) is 45.1 Å². The van der Waals surface area contributed by atoms with Crippen molar-refractivity contribution >= 4 is 23.2 Å². The molecule has 1 N–H and O–H groups in total. The summed E-state index contributed by atoms with van der Waals surface area (Å²) in [6.45, 7) is 5.49. The van der Waals surface area contributed by atoms with Crippen molar-refractivity contribution in [2.24, 2.45) is 0 Å². The van der Waals surface area contributed by atoms with E-state index in [1.165, 1.54) is 12.3 Å². The molecule has 0 atom stereocenters. The Kier molecular flexibility index (Phi) is 9.16. The smallest absolute Gasteiger partial charge is 0.376 e. The normalized spacial score (nSPS) is 11.8. The quantitative estimate of drug-likeness (QED) is 0.432. The van der Waals surface area contributed by atoms with Gasteiger partial charge in [0.1, 0.15) is 11.6 Å². The van der Waals surface area contributed by atoms with Crippen LogP contribution in [0.15, 0.2) is 30.0 Å². The number of unbranched alkanes of at least 4 members (excludes halogenated alkanes) is 2. The van der Waals surface area contributed by atoms with Gasteiger partial charge in [0, 0.05) is 25.0 Å². The van der Waals surface area contributed by atoms with E-state index in [0.717, 1.165) is 37.8 Å². The van der Waals surface area contributed by atoms with E-state index in [4.69, 9.17) is 11.6 Å². The Bertz CT molecular complexity index is 703. The number of nitriles is 1. The Balaban J connectivity index is 2.99. The predicted octanol–water partition coefficient (Wildman–Crippen LogP) is 5.61. The van der Waals surface area contributed by atoms with Gasteiger partial charge in [0.15, 0.2) is 0 Å². The molecule has 0 bridgehead atoms. The van der Waals surface area contributed by atoms with Crippen LogP contribution in [0.25, 0.3) is 0 Å². The number of amides is 1. The topological polar surface area (TPSA) is 56.1 Å². The summed E-state index contributed by atoms with van der Waals surface area (Å²) in [6.07, 6.45) is 0.592. The Labute approximate surface area is 162 Å². The molecule has 0 saturated heterocycles. The van der Waals surface area contributed by atoms with Crippen LogP contribution in [0, 0.1) is 11.3 Å². The highest BCUT2D eigenvalue weighted by molar-refractivity contribution is 6.31. The monoisotopic (exact) mass is 401 g/mol. The number of benzene rings is 1. The van der Waals surface area contributed by atoms with Crippen LogP contribution in [-0.4, -0.2) is 23.9 Å². The third-order valence-electron chi connectivity index (χ3n) is 3.80. The number of halogens is 4. The maximum Gasteiger partial charge on any atom is 0.417 e. The number of hydrogen-bond acceptors (Lipinski definition) is 3. The summed E-state index contributed by atoms with van der Waals surface area (Å²) in [6, 6.07) is 4.89. The van der Waals surface area contributed by atoms with Gasteiger partial charge in [0.25, 0.3) is 5.91 Å². The zero-order valence-corrected chi connectivity index (χ0v) is 16.1. The highest BCUT2D eigenvalue weighted by Crippen LogP contribution is 2.36. The number of anilines is 1. The number of rotatable bonds is 9. The van der Waals surface area contributed by atoms with Crippen LogP contribution in [0.3, 0.4) is 0 Å². The number of carbonyl (C=O) groups is 1. The molecule has 1 amide bonds. The minimum Gasteiger partial charge on any atom is -0.376 e. The van der Waals surface area contributed by atoms with Gasteiger partial charge in [0.2, 0.25) is 0 Å². The van der Waals surface area contributed by atoms with Gasteiger partial charge < -0.3 is 10.2 Å². The summed E-state index contributed by atoms with van der Waals surface area (Å²) < 4.78 is 38.8. The van der Waals surface area contributed by atoms with E-state index < -0.39 is 22.7 Å². The van der Waals surface area contributed by atoms with E-state index in [1.807, 2.05) is 24.8 Å². The van der Waals surface area contributed by atoms with E-state index in [0.29, 0.717) is 13.1 Å². The summed E-state index contributed by atoms with van der Waals surface area (Å²) in [5.74, 6) is -0.758. The second-order valence-corrected chi connectivity index (χ2v) is 6.45. The summed E-state index contributed by atoms with van der Waals surface area (Å²) in [4.78, 5) is 14.2. The standard InChI is InChI=1S/C19H23ClF3N3O/c1-3-5-9-26(10-6-4-2)13-14(12-24)18(27)25-15-7-8-17(20)16(11-15)19(21,22)23/h7-8,11,13H,3-6,9-10H2,1-2H3,(H,25,27)/b14-13-. The van der Waals surface area contributed by atoms with Gasteiger partial charge in [-0.1, -0.05) is 38.3 Å². The van der Waals surface area contributed by atoms with Gasteiger partial charge in [-0.3, -0.25) is 4.79 Å². The van der Waals surface area contributed by atoms with E-state index in [2.05, 4.69) is 5.32 Å². The number of hydrogen-bond donors (Lipinski definition) is 1. The number of nitrogens with zero attached hydrogens (tertiary/aromatic N) is 2. The Morgan fingerprint density at radius 1 is 1.26 bits per heavy atom. The number of nitrogens with one attached hydrogen (secondary N) is 1. The summed E-state index contributed by atoms with van der Waals surface area (Å²) in [5.41, 5.74) is -1.28. The molecule has 148 valence electrons. The van der Waals surface area contributed by atoms with Gasteiger partial charge in [-0.05, 0) is 31.0 Å². The van der Waals surface area contributed by atoms with Crippen molar-refractivity contribution in [3.63, 3.8) is 0 Å². The Hall–Kier alpha value is -2.20. The van der Waals surface area contributed by atoms with Crippen molar-refractivity contribution in [3.8, 4) is 6.07 Å². The molecular weight excluding hydrogens is 379 g/mol. The summed E-state index contributed by atoms with van der Waals surface area (Å²) in [5, 5.41) is 11.2. The van der Waals surface area contributed by atoms with Crippen molar-refractivity contribution in [1.82, 2.24) is 4.90 Å². The zero-order valence-electron chi connectivity index (χ0n) is 15.4. The lowest BCUT2D eigenvalue weighted by atomic mass is 10.2. The lowest BCUT2D eigenvalue weighted by Crippen LogP contribution is -2.23. The zero-order chi connectivity index (χ0) is 20.4. The van der Waals surface area contributed by atoms with Crippen LogP contribution >= 0.6 is 11.6 Å². The average Bonchev–Trinajstić information content (AvgIpc) is 2.61. The van der Waals surface area contributed by atoms with Gasteiger partial charge in [-0.25, -0.2) is 0 Å². The first-order valence-corrected chi connectivity index (χ1v) is 9.14. The molecule has 0 aliphatic rings. The third-order valence-corrected chi connectivity index (χ3v) is 4.13. The molecule has 0 saturated carbocycles. The first-order valence-electron chi connectivity index (χ1n) is 8.77. The van der Waals surface area contributed by atoms with Crippen LogP contribution in [0.5, 0.6) is 0 Å². The van der Waals surface area contributed by atoms with E-state index >= 15 is 0 Å². The second-order valence-electron chi connectivity index (χ2n) is 6.04. The first kappa shape index (κ1) is 22.8. The predicted molar refractivity (Wildman–Crippen MR) is 100 cm³/mol. The average molecular weight is 402 g/mol. The van der Waals surface area contributed by atoms with Gasteiger partial charge in [-0.15, -0.1) is 0 Å². The molecule has 0 aliphatic carbocycles.